The molecular weight excluding hydrogens is 430 g/mol. The number of ether oxygens (including phenoxy) is 4. The molecule has 8 heteroatoms. The van der Waals surface area contributed by atoms with Gasteiger partial charge in [-0.1, -0.05) is 15.9 Å². The maximum Gasteiger partial charge on any atom is 0.340 e. The summed E-state index contributed by atoms with van der Waals surface area (Å²) in [5.41, 5.74) is 7.26. The molecule has 1 aromatic carbocycles. The van der Waals surface area contributed by atoms with E-state index in [1.807, 2.05) is 6.92 Å². The Balaban J connectivity index is 2.24. The second-order valence-corrected chi connectivity index (χ2v) is 7.23. The van der Waals surface area contributed by atoms with Crippen molar-refractivity contribution in [2.45, 2.75) is 32.1 Å². The number of carbonyl (C=O) groups is 2. The van der Waals surface area contributed by atoms with Gasteiger partial charge in [0.1, 0.15) is 11.3 Å². The molecule has 150 valence electrons. The molecule has 0 fully saturated rings. The molecule has 7 nitrogen and oxygen atoms in total. The number of allylic oxidation sites excluding steroid dienone is 2. The molecule has 1 aliphatic carbocycles. The van der Waals surface area contributed by atoms with Gasteiger partial charge in [0.2, 0.25) is 5.88 Å². The minimum atomic E-state index is -0.719. The molecule has 0 aromatic heterocycles. The molecule has 2 aliphatic rings. The molecule has 0 radical (unpaired) electrons. The molecule has 0 spiro atoms. The number of methoxy groups -OCH3 is 2. The van der Waals surface area contributed by atoms with Gasteiger partial charge in [0.15, 0.2) is 17.3 Å². The maximum absolute atomic E-state index is 12.8. The van der Waals surface area contributed by atoms with Gasteiger partial charge in [-0.25, -0.2) is 4.79 Å². The van der Waals surface area contributed by atoms with Crippen molar-refractivity contribution in [2.75, 3.05) is 20.8 Å². The van der Waals surface area contributed by atoms with Crippen molar-refractivity contribution in [1.29, 1.82) is 0 Å². The zero-order valence-electron chi connectivity index (χ0n) is 16.0. The second kappa shape index (κ2) is 8.26. The number of esters is 1. The first-order chi connectivity index (χ1) is 13.4. The van der Waals surface area contributed by atoms with Crippen LogP contribution in [0, 0.1) is 0 Å². The van der Waals surface area contributed by atoms with Gasteiger partial charge in [0, 0.05) is 22.9 Å². The van der Waals surface area contributed by atoms with Gasteiger partial charge in [0.05, 0.1) is 26.7 Å². The Bertz CT molecular complexity index is 889. The summed E-state index contributed by atoms with van der Waals surface area (Å²) in [6, 6.07) is 3.50. The number of hydrogen-bond acceptors (Lipinski definition) is 7. The van der Waals surface area contributed by atoms with E-state index in [1.54, 1.807) is 12.1 Å². The first-order valence-corrected chi connectivity index (χ1v) is 9.74. The first-order valence-electron chi connectivity index (χ1n) is 8.95. The number of ketones is 1. The number of hydrogen-bond donors (Lipinski definition) is 1. The normalized spacial score (nSPS) is 19.1. The van der Waals surface area contributed by atoms with E-state index in [1.165, 1.54) is 14.2 Å². The number of Topliss-reactive ketones (excluding diaryl/α,β-unsaturated/α-hetero) is 1. The summed E-state index contributed by atoms with van der Waals surface area (Å²) in [7, 11) is 2.79. The van der Waals surface area contributed by atoms with E-state index in [2.05, 4.69) is 15.9 Å². The summed E-state index contributed by atoms with van der Waals surface area (Å²) in [6.45, 7) is 2.34. The standard InChI is InChI=1S/C20H22BrNO6/c1-4-27-15-9-11(21)10(8-14(15)25-2)16-17-12(23)6-5-7-13(17)28-19(22)18(16)20(24)26-3/h8-9,16H,4-7,22H2,1-3H3/t16-/m0/s1. The molecule has 0 amide bonds. The summed E-state index contributed by atoms with van der Waals surface area (Å²) in [5.74, 6) is 0.0550. The van der Waals surface area contributed by atoms with Crippen LogP contribution in [0.2, 0.25) is 0 Å². The van der Waals surface area contributed by atoms with E-state index in [9.17, 15) is 9.59 Å². The Morgan fingerprint density at radius 2 is 2.04 bits per heavy atom. The Hall–Kier alpha value is -2.48. The lowest BCUT2D eigenvalue weighted by atomic mass is 9.77. The Morgan fingerprint density at radius 1 is 1.29 bits per heavy atom. The maximum atomic E-state index is 12.8. The molecule has 0 bridgehead atoms. The van der Waals surface area contributed by atoms with Crippen molar-refractivity contribution in [1.82, 2.24) is 0 Å². The molecular formula is C20H22BrNO6. The molecule has 1 aliphatic heterocycles. The van der Waals surface area contributed by atoms with Crippen molar-refractivity contribution in [2.24, 2.45) is 5.73 Å². The van der Waals surface area contributed by atoms with E-state index >= 15 is 0 Å². The van der Waals surface area contributed by atoms with Crippen LogP contribution in [0.15, 0.2) is 39.4 Å². The van der Waals surface area contributed by atoms with Crippen LogP contribution < -0.4 is 15.2 Å². The SMILES string of the molecule is CCOc1cc(Br)c([C@@H]2C(C(=O)OC)=C(N)OC3=C2C(=O)CCC3)cc1OC. The molecule has 3 rings (SSSR count). The lowest BCUT2D eigenvalue weighted by Gasteiger charge is -2.33. The highest BCUT2D eigenvalue weighted by Crippen LogP contribution is 2.48. The van der Waals surface area contributed by atoms with Crippen LogP contribution in [0.25, 0.3) is 0 Å². The van der Waals surface area contributed by atoms with Crippen molar-refractivity contribution < 1.29 is 28.5 Å². The van der Waals surface area contributed by atoms with Crippen LogP contribution in [-0.2, 0) is 19.1 Å². The third-order valence-corrected chi connectivity index (χ3v) is 5.47. The Kier molecular flexibility index (Phi) is 5.98. The number of benzene rings is 1. The number of rotatable bonds is 5. The number of carbonyl (C=O) groups excluding carboxylic acids is 2. The van der Waals surface area contributed by atoms with Crippen LogP contribution in [0.3, 0.4) is 0 Å². The van der Waals surface area contributed by atoms with Gasteiger partial charge in [-0.2, -0.15) is 0 Å². The minimum Gasteiger partial charge on any atom is -0.493 e. The van der Waals surface area contributed by atoms with Crippen LogP contribution in [0.4, 0.5) is 0 Å². The van der Waals surface area contributed by atoms with Crippen LogP contribution in [0.1, 0.15) is 37.7 Å². The van der Waals surface area contributed by atoms with E-state index in [-0.39, 0.29) is 17.2 Å². The fraction of sp³-hybridized carbons (Fsp3) is 0.400. The molecule has 0 saturated carbocycles. The zero-order valence-corrected chi connectivity index (χ0v) is 17.6. The fourth-order valence-corrected chi connectivity index (χ4v) is 4.13. The van der Waals surface area contributed by atoms with Gasteiger partial charge in [-0.15, -0.1) is 0 Å². The van der Waals surface area contributed by atoms with E-state index in [0.29, 0.717) is 58.7 Å². The van der Waals surface area contributed by atoms with Crippen molar-refractivity contribution in [3.8, 4) is 11.5 Å². The summed E-state index contributed by atoms with van der Waals surface area (Å²) in [4.78, 5) is 25.3. The number of nitrogens with two attached hydrogens (primary N) is 1. The molecule has 0 unspecified atom stereocenters. The average Bonchev–Trinajstić information content (AvgIpc) is 2.67. The van der Waals surface area contributed by atoms with Crippen molar-refractivity contribution >= 4 is 27.7 Å². The van der Waals surface area contributed by atoms with Crippen molar-refractivity contribution in [3.05, 3.63) is 45.0 Å². The molecule has 1 heterocycles. The monoisotopic (exact) mass is 451 g/mol. The zero-order chi connectivity index (χ0) is 20.4. The molecule has 0 saturated heterocycles. The second-order valence-electron chi connectivity index (χ2n) is 6.38. The van der Waals surface area contributed by atoms with E-state index in [4.69, 9.17) is 24.7 Å². The summed E-state index contributed by atoms with van der Waals surface area (Å²) < 4.78 is 22.3. The quantitative estimate of drug-likeness (QED) is 0.685. The van der Waals surface area contributed by atoms with E-state index < -0.39 is 11.9 Å². The molecule has 1 aromatic rings. The highest BCUT2D eigenvalue weighted by molar-refractivity contribution is 9.10. The van der Waals surface area contributed by atoms with Gasteiger partial charge >= 0.3 is 5.97 Å². The summed E-state index contributed by atoms with van der Waals surface area (Å²) >= 11 is 3.55. The predicted molar refractivity (Wildman–Crippen MR) is 105 cm³/mol. The fourth-order valence-electron chi connectivity index (χ4n) is 3.58. The Morgan fingerprint density at radius 3 is 2.68 bits per heavy atom. The molecule has 1 atom stereocenters. The van der Waals surface area contributed by atoms with Crippen LogP contribution in [0.5, 0.6) is 11.5 Å². The van der Waals surface area contributed by atoms with Gasteiger partial charge < -0.3 is 24.7 Å². The third-order valence-electron chi connectivity index (χ3n) is 4.78. The van der Waals surface area contributed by atoms with E-state index in [0.717, 1.165) is 0 Å². The van der Waals surface area contributed by atoms with Crippen molar-refractivity contribution in [3.63, 3.8) is 0 Å². The average molecular weight is 452 g/mol. The first kappa shape index (κ1) is 20.3. The largest absolute Gasteiger partial charge is 0.493 e. The highest BCUT2D eigenvalue weighted by Gasteiger charge is 2.42. The van der Waals surface area contributed by atoms with Crippen LogP contribution >= 0.6 is 15.9 Å². The summed E-state index contributed by atoms with van der Waals surface area (Å²) in [5, 5.41) is 0. The third kappa shape index (κ3) is 3.48. The van der Waals surface area contributed by atoms with Crippen LogP contribution in [-0.4, -0.2) is 32.6 Å². The highest BCUT2D eigenvalue weighted by atomic mass is 79.9. The topological polar surface area (TPSA) is 97.1 Å². The smallest absolute Gasteiger partial charge is 0.340 e. The van der Waals surface area contributed by atoms with Gasteiger partial charge in [-0.3, -0.25) is 4.79 Å². The predicted octanol–water partition coefficient (Wildman–Crippen LogP) is 3.32. The van der Waals surface area contributed by atoms with Gasteiger partial charge in [0.25, 0.3) is 0 Å². The molecule has 2 N–H and O–H groups in total. The lowest BCUT2D eigenvalue weighted by Crippen LogP contribution is -2.31. The Labute approximate surface area is 171 Å². The summed E-state index contributed by atoms with van der Waals surface area (Å²) in [6.07, 6.45) is 1.65. The molecule has 28 heavy (non-hydrogen) atoms. The van der Waals surface area contributed by atoms with Gasteiger partial charge in [-0.05, 0) is 31.0 Å². The number of halogens is 1. The minimum absolute atomic E-state index is 0.0509. The lowest BCUT2D eigenvalue weighted by molar-refractivity contribution is -0.136.